The molecule has 1 saturated heterocycles. The number of benzene rings is 1. The van der Waals surface area contributed by atoms with Crippen molar-refractivity contribution < 1.29 is 26.7 Å². The van der Waals surface area contributed by atoms with Crippen molar-refractivity contribution in [3.8, 4) is 0 Å². The van der Waals surface area contributed by atoms with Crippen LogP contribution in [0.1, 0.15) is 36.6 Å². The van der Waals surface area contributed by atoms with Gasteiger partial charge in [0.2, 0.25) is 0 Å². The lowest BCUT2D eigenvalue weighted by Gasteiger charge is -2.51. The summed E-state index contributed by atoms with van der Waals surface area (Å²) >= 11 is 0. The summed E-state index contributed by atoms with van der Waals surface area (Å²) in [5, 5.41) is 1.25. The Morgan fingerprint density at radius 1 is 1.27 bits per heavy atom. The van der Waals surface area contributed by atoms with Crippen molar-refractivity contribution in [1.29, 1.82) is 0 Å². The zero-order valence-corrected chi connectivity index (χ0v) is 17.6. The van der Waals surface area contributed by atoms with Gasteiger partial charge in [0.1, 0.15) is 0 Å². The molecule has 2 aliphatic heterocycles. The molecule has 1 aromatic carbocycles. The monoisotopic (exact) mass is 434 g/mol. The number of esters is 1. The van der Waals surface area contributed by atoms with E-state index >= 15 is 0 Å². The zero-order valence-electron chi connectivity index (χ0n) is 16.8. The molecule has 5 atom stereocenters. The van der Waals surface area contributed by atoms with Crippen LogP contribution >= 0.6 is 0 Å². The van der Waals surface area contributed by atoms with Gasteiger partial charge in [0.15, 0.2) is 0 Å². The van der Waals surface area contributed by atoms with E-state index in [1.807, 2.05) is 12.1 Å². The van der Waals surface area contributed by atoms with Crippen LogP contribution in [0.15, 0.2) is 24.3 Å². The highest BCUT2D eigenvalue weighted by molar-refractivity contribution is 7.80. The highest BCUT2D eigenvalue weighted by Gasteiger charge is 2.51. The highest BCUT2D eigenvalue weighted by atomic mass is 32.3. The van der Waals surface area contributed by atoms with Gasteiger partial charge in [-0.1, -0.05) is 18.2 Å². The summed E-state index contributed by atoms with van der Waals surface area (Å²) in [6, 6.07) is 8.42. The van der Waals surface area contributed by atoms with Crippen molar-refractivity contribution in [3.63, 3.8) is 0 Å². The molecule has 1 aromatic heterocycles. The summed E-state index contributed by atoms with van der Waals surface area (Å²) in [7, 11) is -3.34. The number of nitrogens with zero attached hydrogens (tertiary/aromatic N) is 1. The molecule has 2 aromatic rings. The molecule has 30 heavy (non-hydrogen) atoms. The van der Waals surface area contributed by atoms with Crippen LogP contribution in [-0.4, -0.2) is 55.1 Å². The Kier molecular flexibility index (Phi) is 4.89. The average molecular weight is 435 g/mol. The largest absolute Gasteiger partial charge is 0.469 e. The second-order valence-electron chi connectivity index (χ2n) is 8.67. The molecule has 0 spiro atoms. The molecule has 3 aliphatic rings. The van der Waals surface area contributed by atoms with Crippen molar-refractivity contribution in [3.05, 3.63) is 35.5 Å². The summed E-state index contributed by atoms with van der Waals surface area (Å²) in [6.07, 6.45) is 1.96. The molecule has 0 radical (unpaired) electrons. The molecule has 162 valence electrons. The van der Waals surface area contributed by atoms with E-state index < -0.39 is 28.4 Å². The molecule has 2 fully saturated rings. The van der Waals surface area contributed by atoms with E-state index in [2.05, 4.69) is 22.0 Å². The summed E-state index contributed by atoms with van der Waals surface area (Å²) in [4.78, 5) is 18.7. The number of ether oxygens (including phenoxy) is 1. The molecule has 0 unspecified atom stereocenters. The lowest BCUT2D eigenvalue weighted by Crippen LogP contribution is -2.54. The summed E-state index contributed by atoms with van der Waals surface area (Å²) < 4.78 is 41.9. The van der Waals surface area contributed by atoms with Gasteiger partial charge in [-0.3, -0.25) is 14.2 Å². The van der Waals surface area contributed by atoms with Gasteiger partial charge >= 0.3 is 16.4 Å². The van der Waals surface area contributed by atoms with Gasteiger partial charge in [0, 0.05) is 29.7 Å². The second kappa shape index (κ2) is 7.33. The Morgan fingerprint density at radius 2 is 2.07 bits per heavy atom. The predicted molar refractivity (Wildman–Crippen MR) is 109 cm³/mol. The molecular formula is C21H26N2O6S. The topological polar surface area (TPSA) is 109 Å². The van der Waals surface area contributed by atoms with E-state index in [1.165, 1.54) is 23.8 Å². The van der Waals surface area contributed by atoms with E-state index in [4.69, 9.17) is 8.92 Å². The Morgan fingerprint density at radius 3 is 2.83 bits per heavy atom. The maximum atomic E-state index is 12.7. The van der Waals surface area contributed by atoms with Crippen LogP contribution in [-0.2, 0) is 30.5 Å². The molecule has 5 rings (SSSR count). The zero-order chi connectivity index (χ0) is 21.0. The molecule has 9 heteroatoms. The number of aromatic amines is 1. The van der Waals surface area contributed by atoms with Gasteiger partial charge in [-0.25, -0.2) is 4.18 Å². The molecule has 8 nitrogen and oxygen atoms in total. The van der Waals surface area contributed by atoms with Crippen LogP contribution in [0.5, 0.6) is 0 Å². The first-order valence-corrected chi connectivity index (χ1v) is 11.8. The van der Waals surface area contributed by atoms with E-state index in [0.29, 0.717) is 6.42 Å². The van der Waals surface area contributed by atoms with Crippen LogP contribution in [0.4, 0.5) is 0 Å². The number of carbonyl (C=O) groups is 1. The van der Waals surface area contributed by atoms with Crippen molar-refractivity contribution >= 4 is 27.3 Å². The smallest absolute Gasteiger partial charge is 0.397 e. The Balaban J connectivity index is 1.50. The van der Waals surface area contributed by atoms with Gasteiger partial charge in [-0.15, -0.1) is 0 Å². The number of fused-ring (bicyclic) bond motifs is 6. The van der Waals surface area contributed by atoms with Crippen LogP contribution in [0.2, 0.25) is 0 Å². The van der Waals surface area contributed by atoms with Crippen LogP contribution in [0, 0.1) is 17.8 Å². The fourth-order valence-electron chi connectivity index (χ4n) is 6.05. The quantitative estimate of drug-likeness (QED) is 0.564. The van der Waals surface area contributed by atoms with E-state index in [1.54, 1.807) is 0 Å². The summed E-state index contributed by atoms with van der Waals surface area (Å²) in [5.74, 6) is -0.999. The number of methoxy groups -OCH3 is 1. The van der Waals surface area contributed by atoms with Crippen molar-refractivity contribution in [1.82, 2.24) is 9.88 Å². The number of rotatable bonds is 3. The minimum Gasteiger partial charge on any atom is -0.469 e. The first kappa shape index (κ1) is 20.0. The Bertz CT molecular complexity index is 1080. The minimum atomic E-state index is -4.65. The molecule has 2 N–H and O–H groups in total. The molecule has 1 saturated carbocycles. The summed E-state index contributed by atoms with van der Waals surface area (Å²) in [6.45, 7) is 1.83. The molecule has 0 bridgehead atoms. The molecule has 3 heterocycles. The lowest BCUT2D eigenvalue weighted by atomic mass is 9.65. The first-order valence-electron chi connectivity index (χ1n) is 10.4. The number of para-hydroxylation sites is 1. The van der Waals surface area contributed by atoms with Gasteiger partial charge in [-0.2, -0.15) is 8.42 Å². The highest BCUT2D eigenvalue weighted by Crippen LogP contribution is 2.50. The SMILES string of the molecule is COC(=O)[C@H]1[C@H]2C[C@@H]3c4[nH]c5ccccc5c4CCN3C[C@@H]2CC[C@@H]1OS(=O)(=O)O. The van der Waals surface area contributed by atoms with Crippen LogP contribution in [0.3, 0.4) is 0 Å². The maximum Gasteiger partial charge on any atom is 0.397 e. The third-order valence-corrected chi connectivity index (χ3v) is 7.73. The number of nitrogens with one attached hydrogen (secondary N) is 1. The van der Waals surface area contributed by atoms with Crippen molar-refractivity contribution in [2.75, 3.05) is 20.2 Å². The first-order chi connectivity index (χ1) is 14.4. The maximum absolute atomic E-state index is 12.7. The lowest BCUT2D eigenvalue weighted by molar-refractivity contribution is -0.158. The van der Waals surface area contributed by atoms with E-state index in [9.17, 15) is 17.8 Å². The fourth-order valence-corrected chi connectivity index (χ4v) is 6.57. The van der Waals surface area contributed by atoms with Crippen LogP contribution < -0.4 is 0 Å². The normalized spacial score (nSPS) is 31.6. The Labute approximate surface area is 175 Å². The molecular weight excluding hydrogens is 408 g/mol. The third-order valence-electron chi connectivity index (χ3n) is 7.24. The third kappa shape index (κ3) is 3.33. The number of aromatic nitrogens is 1. The summed E-state index contributed by atoms with van der Waals surface area (Å²) in [5.41, 5.74) is 3.65. The second-order valence-corrected chi connectivity index (χ2v) is 9.72. The number of piperidine rings is 1. The average Bonchev–Trinajstić information content (AvgIpc) is 3.10. The van der Waals surface area contributed by atoms with Gasteiger partial charge < -0.3 is 9.72 Å². The number of carbonyl (C=O) groups excluding carboxylic acids is 1. The van der Waals surface area contributed by atoms with Crippen molar-refractivity contribution in [2.45, 2.75) is 37.8 Å². The number of H-pyrrole nitrogens is 1. The predicted octanol–water partition coefficient (Wildman–Crippen LogP) is 2.47. The van der Waals surface area contributed by atoms with Crippen molar-refractivity contribution in [2.24, 2.45) is 17.8 Å². The standard InChI is InChI=1S/C21H26N2O6S/c1-28-21(24)19-15-10-17-20-14(13-4-2-3-5-16(13)22-20)8-9-23(17)11-12(15)6-7-18(19)29-30(25,26)27/h2-5,12,15,17-19,22H,6-11H2,1H3,(H,25,26,27)/t12-,15-,17+,18-,19-/m0/s1. The van der Waals surface area contributed by atoms with Crippen LogP contribution in [0.25, 0.3) is 10.9 Å². The van der Waals surface area contributed by atoms with Gasteiger partial charge in [0.25, 0.3) is 0 Å². The van der Waals surface area contributed by atoms with E-state index in [0.717, 1.165) is 37.9 Å². The number of hydrogen-bond acceptors (Lipinski definition) is 6. The van der Waals surface area contributed by atoms with E-state index in [-0.39, 0.29) is 17.9 Å². The van der Waals surface area contributed by atoms with Gasteiger partial charge in [-0.05, 0) is 49.1 Å². The number of hydrogen-bond donors (Lipinski definition) is 2. The molecule has 1 aliphatic carbocycles. The molecule has 0 amide bonds. The Hall–Kier alpha value is -1.94. The minimum absolute atomic E-state index is 0.0726. The fraction of sp³-hybridized carbons (Fsp3) is 0.571. The van der Waals surface area contributed by atoms with Gasteiger partial charge in [0.05, 0.1) is 25.2 Å².